The van der Waals surface area contributed by atoms with Crippen molar-refractivity contribution in [2.45, 2.75) is 31.3 Å². The number of nitrogens with one attached hydrogen (secondary N) is 3. The van der Waals surface area contributed by atoms with E-state index in [2.05, 4.69) is 16.0 Å². The predicted octanol–water partition coefficient (Wildman–Crippen LogP) is 2.27. The number of hydrogen-bond acceptors (Lipinski definition) is 4. The summed E-state index contributed by atoms with van der Waals surface area (Å²) in [4.78, 5) is 35.6. The minimum absolute atomic E-state index is 0. The Morgan fingerprint density at radius 2 is 1.74 bits per heavy atom. The van der Waals surface area contributed by atoms with E-state index < -0.39 is 18.4 Å². The van der Waals surface area contributed by atoms with Crippen molar-refractivity contribution in [2.75, 3.05) is 13.1 Å². The van der Waals surface area contributed by atoms with E-state index in [0.29, 0.717) is 18.0 Å². The molecule has 0 fully saturated rings. The van der Waals surface area contributed by atoms with E-state index in [1.54, 1.807) is 24.3 Å². The Balaban J connectivity index is 0.00000341. The van der Waals surface area contributed by atoms with Crippen LogP contribution in [-0.4, -0.2) is 42.0 Å². The topological polar surface area (TPSA) is 108 Å². The summed E-state index contributed by atoms with van der Waals surface area (Å²) >= 11 is 5.95. The zero-order valence-corrected chi connectivity index (χ0v) is 18.3. The molecule has 0 aliphatic carbocycles. The number of benzene rings is 2. The molecule has 4 N–H and O–H groups in total. The lowest BCUT2D eigenvalue weighted by molar-refractivity contribution is -0.138. The van der Waals surface area contributed by atoms with Crippen molar-refractivity contribution in [1.29, 1.82) is 0 Å². The first-order valence-corrected chi connectivity index (χ1v) is 10.1. The van der Waals surface area contributed by atoms with Crippen LogP contribution in [0.2, 0.25) is 5.02 Å². The third-order valence-corrected chi connectivity index (χ3v) is 5.38. The van der Waals surface area contributed by atoms with Gasteiger partial charge in [0.15, 0.2) is 0 Å². The van der Waals surface area contributed by atoms with Crippen molar-refractivity contribution < 1.29 is 19.5 Å². The van der Waals surface area contributed by atoms with E-state index in [0.717, 1.165) is 11.1 Å². The molecule has 0 spiro atoms. The van der Waals surface area contributed by atoms with Crippen LogP contribution in [0.3, 0.4) is 0 Å². The molecule has 0 radical (unpaired) electrons. The van der Waals surface area contributed by atoms with Crippen molar-refractivity contribution in [2.24, 2.45) is 0 Å². The molecular formula is C22H25Cl2N3O4. The molecule has 7 nitrogen and oxygen atoms in total. The molecule has 0 aromatic heterocycles. The van der Waals surface area contributed by atoms with Crippen LogP contribution in [0, 0.1) is 0 Å². The van der Waals surface area contributed by atoms with Crippen LogP contribution in [0.25, 0.3) is 0 Å². The molecule has 0 unspecified atom stereocenters. The normalized spacial score (nSPS) is 15.7. The maximum absolute atomic E-state index is 12.7. The van der Waals surface area contributed by atoms with E-state index in [1.165, 1.54) is 5.56 Å². The van der Waals surface area contributed by atoms with Crippen LogP contribution >= 0.6 is 24.0 Å². The minimum Gasteiger partial charge on any atom is -0.480 e. The summed E-state index contributed by atoms with van der Waals surface area (Å²) in [6, 6.07) is 14.7. The maximum Gasteiger partial charge on any atom is 0.322 e. The van der Waals surface area contributed by atoms with Gasteiger partial charge in [-0.2, -0.15) is 0 Å². The average molecular weight is 466 g/mol. The molecule has 2 atom stereocenters. The molecule has 2 amide bonds. The second-order valence-corrected chi connectivity index (χ2v) is 7.71. The van der Waals surface area contributed by atoms with Gasteiger partial charge in [0.25, 0.3) is 0 Å². The minimum atomic E-state index is -1.11. The Bertz CT molecular complexity index is 921. The summed E-state index contributed by atoms with van der Waals surface area (Å²) in [5.41, 5.74) is 3.18. The fraction of sp³-hybridized carbons (Fsp3) is 0.318. The number of carboxylic acid groups (broad SMARTS) is 1. The van der Waals surface area contributed by atoms with Gasteiger partial charge < -0.3 is 21.1 Å². The third-order valence-electron chi connectivity index (χ3n) is 5.13. The molecule has 166 valence electrons. The number of carbonyl (C=O) groups is 3. The Hall–Kier alpha value is -2.61. The standard InChI is InChI=1S/C22H24ClN3O4.ClH/c23-18-7-5-14(6-8-18)17(10-20(27)25-13-21(28)29)12-26-22(30)19-9-15-3-1-2-4-16(15)11-24-19;/h1-8,17,19,24H,9-13H2,(H,25,27)(H,26,30)(H,28,29);1H/t17-,19-;/m0./s1. The summed E-state index contributed by atoms with van der Waals surface area (Å²) in [5, 5.41) is 17.9. The lowest BCUT2D eigenvalue weighted by Crippen LogP contribution is -2.48. The van der Waals surface area contributed by atoms with Gasteiger partial charge in [0, 0.05) is 30.5 Å². The van der Waals surface area contributed by atoms with Crippen LogP contribution in [0.15, 0.2) is 48.5 Å². The van der Waals surface area contributed by atoms with Crippen molar-refractivity contribution in [3.8, 4) is 0 Å². The molecule has 0 bridgehead atoms. The molecule has 2 aromatic carbocycles. The lowest BCUT2D eigenvalue weighted by Gasteiger charge is -2.26. The van der Waals surface area contributed by atoms with Gasteiger partial charge in [-0.25, -0.2) is 0 Å². The van der Waals surface area contributed by atoms with Crippen LogP contribution in [0.4, 0.5) is 0 Å². The molecule has 2 aromatic rings. The average Bonchev–Trinajstić information content (AvgIpc) is 2.75. The molecule has 1 aliphatic heterocycles. The fourth-order valence-electron chi connectivity index (χ4n) is 3.50. The summed E-state index contributed by atoms with van der Waals surface area (Å²) in [6.45, 7) is 0.442. The van der Waals surface area contributed by atoms with E-state index in [4.69, 9.17) is 16.7 Å². The number of carbonyl (C=O) groups excluding carboxylic acids is 2. The molecule has 9 heteroatoms. The highest BCUT2D eigenvalue weighted by molar-refractivity contribution is 6.30. The molecule has 31 heavy (non-hydrogen) atoms. The number of halogens is 2. The summed E-state index contributed by atoms with van der Waals surface area (Å²) in [6.07, 6.45) is 0.656. The highest BCUT2D eigenvalue weighted by Gasteiger charge is 2.25. The number of fused-ring (bicyclic) bond motifs is 1. The number of amides is 2. The van der Waals surface area contributed by atoms with Gasteiger partial charge in [-0.3, -0.25) is 14.4 Å². The van der Waals surface area contributed by atoms with E-state index in [-0.39, 0.29) is 43.2 Å². The Morgan fingerprint density at radius 3 is 2.42 bits per heavy atom. The predicted molar refractivity (Wildman–Crippen MR) is 120 cm³/mol. The first-order valence-electron chi connectivity index (χ1n) is 9.74. The zero-order valence-electron chi connectivity index (χ0n) is 16.8. The van der Waals surface area contributed by atoms with Gasteiger partial charge in [0.2, 0.25) is 11.8 Å². The van der Waals surface area contributed by atoms with Crippen molar-refractivity contribution in [3.05, 3.63) is 70.2 Å². The van der Waals surface area contributed by atoms with Crippen molar-refractivity contribution in [1.82, 2.24) is 16.0 Å². The summed E-state index contributed by atoms with van der Waals surface area (Å²) in [7, 11) is 0. The second kappa shape index (κ2) is 11.7. The number of rotatable bonds is 8. The monoisotopic (exact) mass is 465 g/mol. The Labute approximate surface area is 192 Å². The summed E-state index contributed by atoms with van der Waals surface area (Å²) in [5.74, 6) is -1.94. The fourth-order valence-corrected chi connectivity index (χ4v) is 3.63. The lowest BCUT2D eigenvalue weighted by atomic mass is 9.93. The SMILES string of the molecule is Cl.O=C(O)CNC(=O)C[C@@H](CNC(=O)[C@@H]1Cc2ccccc2CN1)c1ccc(Cl)cc1. The first-order chi connectivity index (χ1) is 14.4. The molecule has 0 saturated heterocycles. The molecule has 1 aliphatic rings. The molecule has 1 heterocycles. The Kier molecular flexibility index (Phi) is 9.30. The zero-order chi connectivity index (χ0) is 21.5. The third kappa shape index (κ3) is 7.24. The van der Waals surface area contributed by atoms with Crippen LogP contribution < -0.4 is 16.0 Å². The van der Waals surface area contributed by atoms with Gasteiger partial charge >= 0.3 is 5.97 Å². The van der Waals surface area contributed by atoms with Crippen LogP contribution in [0.5, 0.6) is 0 Å². The van der Waals surface area contributed by atoms with Gasteiger partial charge in [0.1, 0.15) is 6.54 Å². The van der Waals surface area contributed by atoms with E-state index >= 15 is 0 Å². The van der Waals surface area contributed by atoms with Gasteiger partial charge in [-0.05, 0) is 35.2 Å². The molecular weight excluding hydrogens is 441 g/mol. The molecule has 3 rings (SSSR count). The highest BCUT2D eigenvalue weighted by atomic mass is 35.5. The smallest absolute Gasteiger partial charge is 0.322 e. The molecule has 0 saturated carbocycles. The van der Waals surface area contributed by atoms with Gasteiger partial charge in [0.05, 0.1) is 6.04 Å². The number of hydrogen-bond donors (Lipinski definition) is 4. The van der Waals surface area contributed by atoms with Crippen molar-refractivity contribution in [3.63, 3.8) is 0 Å². The quantitative estimate of drug-likeness (QED) is 0.478. The largest absolute Gasteiger partial charge is 0.480 e. The second-order valence-electron chi connectivity index (χ2n) is 7.27. The van der Waals surface area contributed by atoms with Crippen LogP contribution in [0.1, 0.15) is 29.0 Å². The van der Waals surface area contributed by atoms with Crippen LogP contribution in [-0.2, 0) is 27.3 Å². The number of aliphatic carboxylic acids is 1. The van der Waals surface area contributed by atoms with Gasteiger partial charge in [-0.1, -0.05) is 48.0 Å². The first kappa shape index (κ1) is 24.7. The van der Waals surface area contributed by atoms with E-state index in [1.807, 2.05) is 24.3 Å². The highest BCUT2D eigenvalue weighted by Crippen LogP contribution is 2.22. The van der Waals surface area contributed by atoms with Gasteiger partial charge in [-0.15, -0.1) is 12.4 Å². The maximum atomic E-state index is 12.7. The van der Waals surface area contributed by atoms with Crippen molar-refractivity contribution >= 4 is 41.8 Å². The Morgan fingerprint density at radius 1 is 1.06 bits per heavy atom. The van der Waals surface area contributed by atoms with E-state index in [9.17, 15) is 14.4 Å². The summed E-state index contributed by atoms with van der Waals surface area (Å²) < 4.78 is 0. The number of carboxylic acids is 1.